The normalized spacial score (nSPS) is 25.5. The quantitative estimate of drug-likeness (QED) is 0.542. The van der Waals surface area contributed by atoms with Gasteiger partial charge in [0.15, 0.2) is 0 Å². The van der Waals surface area contributed by atoms with E-state index in [0.29, 0.717) is 0 Å². The Morgan fingerprint density at radius 1 is 0.583 bits per heavy atom. The Kier molecular flexibility index (Phi) is 4.62. The van der Waals surface area contributed by atoms with Gasteiger partial charge in [-0.25, -0.2) is 0 Å². The molecule has 2 nitrogen and oxygen atoms in total. The Bertz CT molecular complexity index is 102. The van der Waals surface area contributed by atoms with Crippen molar-refractivity contribution >= 4 is 0 Å². The zero-order chi connectivity index (χ0) is 8.81. The van der Waals surface area contributed by atoms with Crippen molar-refractivity contribution in [1.29, 1.82) is 0 Å². The van der Waals surface area contributed by atoms with Gasteiger partial charge in [-0.05, 0) is 59.5 Å². The Morgan fingerprint density at radius 3 is 1.50 bits per heavy atom. The maximum Gasteiger partial charge on any atom is -0.000960 e. The predicted molar refractivity (Wildman–Crippen MR) is 53.5 cm³/mol. The van der Waals surface area contributed by atoms with Gasteiger partial charge in [-0.3, -0.25) is 0 Å². The summed E-state index contributed by atoms with van der Waals surface area (Å²) in [6.07, 6.45) is 5.48. The molecule has 12 heavy (non-hydrogen) atoms. The molecule has 1 aliphatic heterocycles. The molecular weight excluding hydrogens is 148 g/mol. The lowest BCUT2D eigenvalue weighted by Gasteiger charge is -2.22. The lowest BCUT2D eigenvalue weighted by atomic mass is 10.2. The first kappa shape index (κ1) is 10.0. The number of hydrogen-bond acceptors (Lipinski definition) is 2. The highest BCUT2D eigenvalue weighted by atomic mass is 15.1. The molecule has 72 valence electrons. The highest BCUT2D eigenvalue weighted by molar-refractivity contribution is 4.60. The molecule has 0 amide bonds. The van der Waals surface area contributed by atoms with Crippen LogP contribution in [0.2, 0.25) is 0 Å². The largest absolute Gasteiger partial charge is 0.306 e. The molecule has 0 aromatic heterocycles. The predicted octanol–water partition coefficient (Wildman–Crippen LogP) is 1.42. The molecule has 1 heterocycles. The summed E-state index contributed by atoms with van der Waals surface area (Å²) >= 11 is 0. The van der Waals surface area contributed by atoms with E-state index < -0.39 is 0 Å². The maximum atomic E-state index is 2.46. The van der Waals surface area contributed by atoms with Gasteiger partial charge in [0.25, 0.3) is 0 Å². The third-order valence-electron chi connectivity index (χ3n) is 2.66. The van der Waals surface area contributed by atoms with Crippen molar-refractivity contribution in [3.05, 3.63) is 0 Å². The maximum absolute atomic E-state index is 2.46. The van der Waals surface area contributed by atoms with Crippen LogP contribution in [0.15, 0.2) is 0 Å². The lowest BCUT2D eigenvalue weighted by molar-refractivity contribution is 0.254. The fourth-order valence-corrected chi connectivity index (χ4v) is 1.77. The van der Waals surface area contributed by atoms with Gasteiger partial charge in [-0.15, -0.1) is 0 Å². The van der Waals surface area contributed by atoms with Gasteiger partial charge in [0.05, 0.1) is 0 Å². The molecule has 1 fully saturated rings. The molecule has 0 radical (unpaired) electrons. The molecule has 0 saturated carbocycles. The second-order valence-electron chi connectivity index (χ2n) is 4.02. The van der Waals surface area contributed by atoms with Crippen LogP contribution in [-0.4, -0.2) is 50.1 Å². The smallest absolute Gasteiger partial charge is 0.000960 e. The van der Waals surface area contributed by atoms with Crippen molar-refractivity contribution in [2.75, 3.05) is 40.3 Å². The molecule has 1 aliphatic rings. The summed E-state index contributed by atoms with van der Waals surface area (Å²) in [6, 6.07) is 0. The van der Waals surface area contributed by atoms with Gasteiger partial charge < -0.3 is 9.80 Å². The van der Waals surface area contributed by atoms with E-state index in [1.807, 2.05) is 0 Å². The Labute approximate surface area is 76.5 Å². The lowest BCUT2D eigenvalue weighted by Crippen LogP contribution is -2.28. The molecule has 0 atom stereocenters. The summed E-state index contributed by atoms with van der Waals surface area (Å²) in [5, 5.41) is 0. The van der Waals surface area contributed by atoms with Crippen LogP contribution in [-0.2, 0) is 0 Å². The van der Waals surface area contributed by atoms with E-state index >= 15 is 0 Å². The van der Waals surface area contributed by atoms with Gasteiger partial charge in [-0.1, -0.05) is 6.42 Å². The average Bonchev–Trinajstić information content (AvgIpc) is 2.04. The van der Waals surface area contributed by atoms with E-state index in [9.17, 15) is 0 Å². The molecule has 0 N–H and O–H groups in total. The van der Waals surface area contributed by atoms with E-state index in [4.69, 9.17) is 0 Å². The van der Waals surface area contributed by atoms with E-state index in [1.54, 1.807) is 0 Å². The molecule has 0 aromatic rings. The van der Waals surface area contributed by atoms with E-state index in [-0.39, 0.29) is 0 Å². The van der Waals surface area contributed by atoms with Crippen LogP contribution in [0.3, 0.4) is 0 Å². The standard InChI is InChI=1S/C10H22N2/c1-11-7-4-3-5-8-12(2)10-6-9-11/h3-10H2,1-2H3. The van der Waals surface area contributed by atoms with Crippen LogP contribution in [0.25, 0.3) is 0 Å². The molecule has 0 aromatic carbocycles. The average molecular weight is 170 g/mol. The monoisotopic (exact) mass is 170 g/mol. The minimum absolute atomic E-state index is 1.27. The summed E-state index contributed by atoms with van der Waals surface area (Å²) in [5.74, 6) is 0. The van der Waals surface area contributed by atoms with Crippen molar-refractivity contribution in [3.63, 3.8) is 0 Å². The number of hydrogen-bond donors (Lipinski definition) is 0. The van der Waals surface area contributed by atoms with Gasteiger partial charge in [0, 0.05) is 0 Å². The molecule has 1 rings (SSSR count). The first-order chi connectivity index (χ1) is 5.79. The molecular formula is C10H22N2. The van der Waals surface area contributed by atoms with Gasteiger partial charge in [-0.2, -0.15) is 0 Å². The number of rotatable bonds is 0. The summed E-state index contributed by atoms with van der Waals surface area (Å²) in [5.41, 5.74) is 0. The van der Waals surface area contributed by atoms with E-state index in [2.05, 4.69) is 23.9 Å². The van der Waals surface area contributed by atoms with E-state index in [0.717, 1.165) is 0 Å². The highest BCUT2D eigenvalue weighted by Gasteiger charge is 2.03. The van der Waals surface area contributed by atoms with Crippen molar-refractivity contribution in [2.24, 2.45) is 0 Å². The van der Waals surface area contributed by atoms with Crippen LogP contribution in [0.4, 0.5) is 0 Å². The summed E-state index contributed by atoms with van der Waals surface area (Å²) in [6.45, 7) is 5.13. The highest BCUT2D eigenvalue weighted by Crippen LogP contribution is 2.03. The molecule has 0 spiro atoms. The van der Waals surface area contributed by atoms with Crippen LogP contribution in [0.1, 0.15) is 25.7 Å². The van der Waals surface area contributed by atoms with Gasteiger partial charge in [0.2, 0.25) is 0 Å². The van der Waals surface area contributed by atoms with Crippen LogP contribution < -0.4 is 0 Å². The summed E-state index contributed by atoms with van der Waals surface area (Å²) < 4.78 is 0. The third kappa shape index (κ3) is 4.07. The molecule has 0 aliphatic carbocycles. The summed E-state index contributed by atoms with van der Waals surface area (Å²) in [7, 11) is 4.48. The Morgan fingerprint density at radius 2 is 1.00 bits per heavy atom. The van der Waals surface area contributed by atoms with Crippen LogP contribution in [0.5, 0.6) is 0 Å². The van der Waals surface area contributed by atoms with Crippen molar-refractivity contribution in [2.45, 2.75) is 25.7 Å². The van der Waals surface area contributed by atoms with Crippen LogP contribution in [0, 0.1) is 0 Å². The van der Waals surface area contributed by atoms with Gasteiger partial charge >= 0.3 is 0 Å². The van der Waals surface area contributed by atoms with E-state index in [1.165, 1.54) is 51.9 Å². The van der Waals surface area contributed by atoms with Crippen molar-refractivity contribution in [1.82, 2.24) is 9.80 Å². The first-order valence-electron chi connectivity index (χ1n) is 5.16. The van der Waals surface area contributed by atoms with Crippen molar-refractivity contribution < 1.29 is 0 Å². The van der Waals surface area contributed by atoms with Gasteiger partial charge in [0.1, 0.15) is 0 Å². The zero-order valence-corrected chi connectivity index (χ0v) is 8.55. The Balaban J connectivity index is 2.21. The third-order valence-corrected chi connectivity index (χ3v) is 2.66. The number of nitrogens with zero attached hydrogens (tertiary/aromatic N) is 2. The fraction of sp³-hybridized carbons (Fsp3) is 1.00. The topological polar surface area (TPSA) is 6.48 Å². The van der Waals surface area contributed by atoms with Crippen molar-refractivity contribution in [3.8, 4) is 0 Å². The zero-order valence-electron chi connectivity index (χ0n) is 8.55. The minimum Gasteiger partial charge on any atom is -0.306 e. The molecule has 2 heteroatoms. The first-order valence-corrected chi connectivity index (χ1v) is 5.16. The SMILES string of the molecule is CN1CCCCCN(C)CCC1. The second-order valence-corrected chi connectivity index (χ2v) is 4.02. The Hall–Kier alpha value is -0.0800. The minimum atomic E-state index is 1.27. The molecule has 0 unspecified atom stereocenters. The molecule has 1 saturated heterocycles. The van der Waals surface area contributed by atoms with Crippen LogP contribution >= 0.6 is 0 Å². The second kappa shape index (κ2) is 5.55. The fourth-order valence-electron chi connectivity index (χ4n) is 1.77. The molecule has 0 bridgehead atoms. The summed E-state index contributed by atoms with van der Waals surface area (Å²) in [4.78, 5) is 4.92.